The predicted octanol–water partition coefficient (Wildman–Crippen LogP) is 3.58. The Morgan fingerprint density at radius 2 is 1.96 bits per heavy atom. The molecule has 26 heavy (non-hydrogen) atoms. The summed E-state index contributed by atoms with van der Waals surface area (Å²) in [5.74, 6) is 1.34. The van der Waals surface area contributed by atoms with Crippen molar-refractivity contribution in [1.29, 1.82) is 0 Å². The lowest BCUT2D eigenvalue weighted by Crippen LogP contribution is -2.33. The smallest absolute Gasteiger partial charge is 0.255 e. The summed E-state index contributed by atoms with van der Waals surface area (Å²) in [6.45, 7) is 0.995. The average Bonchev–Trinajstić information content (AvgIpc) is 3.09. The van der Waals surface area contributed by atoms with Gasteiger partial charge in [0, 0.05) is 15.3 Å². The minimum absolute atomic E-state index is 0.135. The van der Waals surface area contributed by atoms with Crippen molar-refractivity contribution in [3.8, 4) is 11.5 Å². The van der Waals surface area contributed by atoms with Gasteiger partial charge in [-0.2, -0.15) is 5.10 Å². The Balaban J connectivity index is 1.38. The van der Waals surface area contributed by atoms with Gasteiger partial charge in [-0.3, -0.25) is 9.48 Å². The van der Waals surface area contributed by atoms with E-state index in [9.17, 15) is 4.79 Å². The number of anilines is 1. The number of benzene rings is 2. The van der Waals surface area contributed by atoms with Gasteiger partial charge >= 0.3 is 0 Å². The number of fused-ring (bicyclic) bond motifs is 1. The molecule has 0 fully saturated rings. The van der Waals surface area contributed by atoms with Crippen LogP contribution in [0, 0.1) is 3.57 Å². The van der Waals surface area contributed by atoms with Crippen LogP contribution in [0.5, 0.6) is 11.5 Å². The number of halogens is 1. The predicted molar refractivity (Wildman–Crippen MR) is 106 cm³/mol. The van der Waals surface area contributed by atoms with Crippen LogP contribution in [0.1, 0.15) is 10.4 Å². The zero-order valence-electron chi connectivity index (χ0n) is 13.8. The zero-order chi connectivity index (χ0) is 17.9. The zero-order valence-corrected chi connectivity index (χ0v) is 15.9. The standard InChI is InChI=1S/C19H16IN3O3/c20-14-7-5-13(6-8-14)19(24)22-15-9-21-23(10-15)11-16-12-25-17-3-1-2-4-18(17)26-16/h1-10,16H,11-12H2,(H,22,24). The summed E-state index contributed by atoms with van der Waals surface area (Å²) in [7, 11) is 0. The van der Waals surface area contributed by atoms with E-state index in [4.69, 9.17) is 9.47 Å². The van der Waals surface area contributed by atoms with E-state index in [0.29, 0.717) is 24.4 Å². The van der Waals surface area contributed by atoms with Crippen molar-refractivity contribution < 1.29 is 14.3 Å². The second-order valence-corrected chi connectivity index (χ2v) is 7.16. The molecule has 0 radical (unpaired) electrons. The van der Waals surface area contributed by atoms with Gasteiger partial charge in [-0.15, -0.1) is 0 Å². The van der Waals surface area contributed by atoms with Crippen LogP contribution in [0.4, 0.5) is 5.69 Å². The van der Waals surface area contributed by atoms with Crippen LogP contribution in [-0.2, 0) is 6.54 Å². The number of carbonyl (C=O) groups is 1. The Labute approximate surface area is 164 Å². The first-order chi connectivity index (χ1) is 12.7. The van der Waals surface area contributed by atoms with Gasteiger partial charge in [0.1, 0.15) is 6.61 Å². The molecule has 3 aromatic rings. The van der Waals surface area contributed by atoms with Crippen LogP contribution < -0.4 is 14.8 Å². The minimum Gasteiger partial charge on any atom is -0.486 e. The third kappa shape index (κ3) is 3.82. The van der Waals surface area contributed by atoms with Gasteiger partial charge in [-0.05, 0) is 59.0 Å². The fraction of sp³-hybridized carbons (Fsp3) is 0.158. The van der Waals surface area contributed by atoms with Crippen LogP contribution >= 0.6 is 22.6 Å². The number of para-hydroxylation sites is 2. The molecule has 132 valence electrons. The van der Waals surface area contributed by atoms with Gasteiger partial charge in [0.25, 0.3) is 5.91 Å². The van der Waals surface area contributed by atoms with Gasteiger partial charge in [0.05, 0.1) is 18.4 Å². The molecule has 1 N–H and O–H groups in total. The van der Waals surface area contributed by atoms with E-state index < -0.39 is 0 Å². The number of ether oxygens (including phenoxy) is 2. The first-order valence-corrected chi connectivity index (χ1v) is 9.23. The van der Waals surface area contributed by atoms with E-state index in [-0.39, 0.29) is 12.0 Å². The summed E-state index contributed by atoms with van der Waals surface area (Å²) in [6, 6.07) is 15.0. The first-order valence-electron chi connectivity index (χ1n) is 8.15. The average molecular weight is 461 g/mol. The molecule has 0 bridgehead atoms. The SMILES string of the molecule is O=C(Nc1cnn(CC2COc3ccccc3O2)c1)c1ccc(I)cc1. The maximum absolute atomic E-state index is 12.3. The fourth-order valence-electron chi connectivity index (χ4n) is 2.69. The van der Waals surface area contributed by atoms with Crippen molar-refractivity contribution in [2.75, 3.05) is 11.9 Å². The summed E-state index contributed by atoms with van der Waals surface area (Å²) in [4.78, 5) is 12.3. The van der Waals surface area contributed by atoms with Gasteiger partial charge < -0.3 is 14.8 Å². The third-order valence-electron chi connectivity index (χ3n) is 3.96. The summed E-state index contributed by atoms with van der Waals surface area (Å²) in [5, 5.41) is 7.15. The van der Waals surface area contributed by atoms with E-state index in [0.717, 1.165) is 15.1 Å². The summed E-state index contributed by atoms with van der Waals surface area (Å²) >= 11 is 2.21. The largest absolute Gasteiger partial charge is 0.486 e. The highest BCUT2D eigenvalue weighted by Crippen LogP contribution is 2.31. The second kappa shape index (κ2) is 7.36. The molecule has 1 atom stereocenters. The van der Waals surface area contributed by atoms with Gasteiger partial charge in [-0.1, -0.05) is 12.1 Å². The molecule has 0 spiro atoms. The molecule has 1 aliphatic rings. The molecule has 1 aliphatic heterocycles. The number of carbonyl (C=O) groups excluding carboxylic acids is 1. The van der Waals surface area contributed by atoms with Crippen LogP contribution in [0.2, 0.25) is 0 Å². The highest BCUT2D eigenvalue weighted by molar-refractivity contribution is 14.1. The number of nitrogens with zero attached hydrogens (tertiary/aromatic N) is 2. The molecular weight excluding hydrogens is 445 g/mol. The number of aromatic nitrogens is 2. The van der Waals surface area contributed by atoms with Crippen molar-refractivity contribution in [2.24, 2.45) is 0 Å². The van der Waals surface area contributed by atoms with Crippen LogP contribution in [0.15, 0.2) is 60.9 Å². The molecular formula is C19H16IN3O3. The van der Waals surface area contributed by atoms with E-state index in [1.165, 1.54) is 0 Å². The van der Waals surface area contributed by atoms with Crippen molar-refractivity contribution in [3.05, 3.63) is 70.1 Å². The highest BCUT2D eigenvalue weighted by Gasteiger charge is 2.21. The monoisotopic (exact) mass is 461 g/mol. The van der Waals surface area contributed by atoms with E-state index >= 15 is 0 Å². The topological polar surface area (TPSA) is 65.4 Å². The maximum atomic E-state index is 12.3. The number of hydrogen-bond acceptors (Lipinski definition) is 4. The second-order valence-electron chi connectivity index (χ2n) is 5.91. The lowest BCUT2D eigenvalue weighted by molar-refractivity contribution is 0.0759. The molecule has 1 unspecified atom stereocenters. The maximum Gasteiger partial charge on any atom is 0.255 e. The number of rotatable bonds is 4. The van der Waals surface area contributed by atoms with Crippen LogP contribution in [0.3, 0.4) is 0 Å². The molecule has 2 aromatic carbocycles. The van der Waals surface area contributed by atoms with Crippen LogP contribution in [0.25, 0.3) is 0 Å². The van der Waals surface area contributed by atoms with E-state index in [2.05, 4.69) is 33.0 Å². The summed E-state index contributed by atoms with van der Waals surface area (Å²) < 4.78 is 14.5. The Morgan fingerprint density at radius 3 is 2.77 bits per heavy atom. The first kappa shape index (κ1) is 16.9. The Hall–Kier alpha value is -2.55. The minimum atomic E-state index is -0.160. The van der Waals surface area contributed by atoms with Crippen molar-refractivity contribution >= 4 is 34.2 Å². The number of nitrogens with one attached hydrogen (secondary N) is 1. The lowest BCUT2D eigenvalue weighted by atomic mass is 10.2. The Bertz CT molecular complexity index is 924. The number of amides is 1. The molecule has 0 saturated carbocycles. The normalized spacial score (nSPS) is 15.5. The molecule has 0 aliphatic carbocycles. The van der Waals surface area contributed by atoms with E-state index in [1.54, 1.807) is 29.2 Å². The molecule has 1 aromatic heterocycles. The van der Waals surface area contributed by atoms with Gasteiger partial charge in [-0.25, -0.2) is 0 Å². The van der Waals surface area contributed by atoms with Crippen LogP contribution in [-0.4, -0.2) is 28.4 Å². The quantitative estimate of drug-likeness (QED) is 0.604. The summed E-state index contributed by atoms with van der Waals surface area (Å²) in [6.07, 6.45) is 3.28. The number of hydrogen-bond donors (Lipinski definition) is 1. The van der Waals surface area contributed by atoms with E-state index in [1.807, 2.05) is 36.4 Å². The fourth-order valence-corrected chi connectivity index (χ4v) is 3.05. The van der Waals surface area contributed by atoms with Gasteiger partial charge in [0.2, 0.25) is 0 Å². The van der Waals surface area contributed by atoms with Crippen molar-refractivity contribution in [1.82, 2.24) is 9.78 Å². The molecule has 6 nitrogen and oxygen atoms in total. The van der Waals surface area contributed by atoms with Crippen molar-refractivity contribution in [3.63, 3.8) is 0 Å². The highest BCUT2D eigenvalue weighted by atomic mass is 127. The molecule has 0 saturated heterocycles. The Kier molecular flexibility index (Phi) is 4.79. The molecule has 1 amide bonds. The molecule has 7 heteroatoms. The molecule has 2 heterocycles. The van der Waals surface area contributed by atoms with Gasteiger partial charge in [0.15, 0.2) is 17.6 Å². The lowest BCUT2D eigenvalue weighted by Gasteiger charge is -2.26. The third-order valence-corrected chi connectivity index (χ3v) is 4.67. The van der Waals surface area contributed by atoms with Crippen molar-refractivity contribution in [2.45, 2.75) is 12.6 Å². The molecule has 4 rings (SSSR count). The Morgan fingerprint density at radius 1 is 1.19 bits per heavy atom. The summed E-state index contributed by atoms with van der Waals surface area (Å²) in [5.41, 5.74) is 1.25.